The van der Waals surface area contributed by atoms with E-state index in [-0.39, 0.29) is 17.9 Å². The van der Waals surface area contributed by atoms with Crippen LogP contribution in [-0.4, -0.2) is 45.8 Å². The van der Waals surface area contributed by atoms with Crippen LogP contribution in [0.1, 0.15) is 38.9 Å². The third-order valence-corrected chi connectivity index (χ3v) is 4.47. The fourth-order valence-corrected chi connectivity index (χ4v) is 3.26. The molecule has 0 spiro atoms. The molecule has 0 bridgehead atoms. The molecule has 2 aromatic rings. The molecule has 0 saturated carbocycles. The highest BCUT2D eigenvalue weighted by Crippen LogP contribution is 2.29. The number of carbonyl (C=O) groups excluding carboxylic acids is 1. The van der Waals surface area contributed by atoms with Gasteiger partial charge in [0.25, 0.3) is 0 Å². The van der Waals surface area contributed by atoms with Gasteiger partial charge in [0.2, 0.25) is 0 Å². The van der Waals surface area contributed by atoms with E-state index in [1.807, 2.05) is 38.4 Å². The number of ether oxygens (including phenoxy) is 2. The Bertz CT molecular complexity index is 870. The summed E-state index contributed by atoms with van der Waals surface area (Å²) in [5.74, 6) is -0.277. The van der Waals surface area contributed by atoms with Gasteiger partial charge < -0.3 is 14.4 Å². The van der Waals surface area contributed by atoms with Crippen LogP contribution in [0.25, 0.3) is 11.3 Å². The van der Waals surface area contributed by atoms with Crippen LogP contribution in [0.4, 0.5) is 18.0 Å². The lowest BCUT2D eigenvalue weighted by Crippen LogP contribution is -2.35. The summed E-state index contributed by atoms with van der Waals surface area (Å²) in [7, 11) is 0. The van der Waals surface area contributed by atoms with Crippen LogP contribution >= 0.6 is 0 Å². The minimum atomic E-state index is -4.72. The third-order valence-electron chi connectivity index (χ3n) is 4.47. The molecule has 1 amide bonds. The SMILES string of the molecule is Cc1cc(-c2ccc(OC(F)(F)F)cc2)nn1C1CCN(C(=O)OC(C)(C)C)C1. The van der Waals surface area contributed by atoms with E-state index in [1.165, 1.54) is 24.3 Å². The predicted molar refractivity (Wildman–Crippen MR) is 101 cm³/mol. The topological polar surface area (TPSA) is 56.6 Å². The molecule has 158 valence electrons. The average Bonchev–Trinajstić information content (AvgIpc) is 3.19. The van der Waals surface area contributed by atoms with Crippen molar-refractivity contribution in [1.82, 2.24) is 14.7 Å². The number of likely N-dealkylation sites (tertiary alicyclic amines) is 1. The minimum absolute atomic E-state index is 0.0177. The van der Waals surface area contributed by atoms with Gasteiger partial charge in [-0.2, -0.15) is 5.10 Å². The molecule has 6 nitrogen and oxygen atoms in total. The highest BCUT2D eigenvalue weighted by Gasteiger charge is 2.32. The van der Waals surface area contributed by atoms with Gasteiger partial charge in [0.1, 0.15) is 11.4 Å². The Morgan fingerprint density at radius 2 is 1.83 bits per heavy atom. The van der Waals surface area contributed by atoms with Gasteiger partial charge in [-0.3, -0.25) is 4.68 Å². The highest BCUT2D eigenvalue weighted by molar-refractivity contribution is 5.68. The molecule has 0 N–H and O–H groups in total. The van der Waals surface area contributed by atoms with E-state index < -0.39 is 12.0 Å². The minimum Gasteiger partial charge on any atom is -0.444 e. The second kappa shape index (κ2) is 7.61. The van der Waals surface area contributed by atoms with Crippen molar-refractivity contribution in [1.29, 1.82) is 0 Å². The van der Waals surface area contributed by atoms with Crippen LogP contribution in [0.5, 0.6) is 5.75 Å². The molecule has 2 heterocycles. The Kier molecular flexibility index (Phi) is 5.51. The maximum Gasteiger partial charge on any atom is 0.573 e. The molecule has 1 atom stereocenters. The van der Waals surface area contributed by atoms with Crippen LogP contribution < -0.4 is 4.74 Å². The maximum absolute atomic E-state index is 12.3. The van der Waals surface area contributed by atoms with Crippen LogP contribution in [0, 0.1) is 6.92 Å². The second-order valence-corrected chi connectivity index (χ2v) is 8.06. The number of nitrogens with zero attached hydrogens (tertiary/aromatic N) is 3. The van der Waals surface area contributed by atoms with Crippen LogP contribution in [0.2, 0.25) is 0 Å². The zero-order valence-electron chi connectivity index (χ0n) is 16.8. The zero-order chi connectivity index (χ0) is 21.4. The first-order valence-corrected chi connectivity index (χ1v) is 9.31. The molecule has 1 aromatic carbocycles. The number of aryl methyl sites for hydroxylation is 1. The maximum atomic E-state index is 12.3. The van der Waals surface area contributed by atoms with E-state index in [9.17, 15) is 18.0 Å². The molecule has 0 aliphatic carbocycles. The van der Waals surface area contributed by atoms with E-state index in [1.54, 1.807) is 4.90 Å². The van der Waals surface area contributed by atoms with E-state index in [0.29, 0.717) is 24.3 Å². The van der Waals surface area contributed by atoms with Crippen LogP contribution in [-0.2, 0) is 4.74 Å². The van der Waals surface area contributed by atoms with Gasteiger partial charge in [0.15, 0.2) is 0 Å². The summed E-state index contributed by atoms with van der Waals surface area (Å²) < 4.78 is 48.1. The number of hydrogen-bond acceptors (Lipinski definition) is 4. The number of hydrogen-bond donors (Lipinski definition) is 0. The van der Waals surface area contributed by atoms with Crippen molar-refractivity contribution in [2.45, 2.75) is 52.1 Å². The van der Waals surface area contributed by atoms with Crippen molar-refractivity contribution in [2.75, 3.05) is 13.1 Å². The molecule has 3 rings (SSSR count). The summed E-state index contributed by atoms with van der Waals surface area (Å²) in [6.07, 6.45) is -4.31. The lowest BCUT2D eigenvalue weighted by atomic mass is 10.1. The van der Waals surface area contributed by atoms with Gasteiger partial charge in [-0.15, -0.1) is 13.2 Å². The number of alkyl halides is 3. The van der Waals surface area contributed by atoms with E-state index in [0.717, 1.165) is 12.1 Å². The van der Waals surface area contributed by atoms with Crippen molar-refractivity contribution in [2.24, 2.45) is 0 Å². The molecule has 0 radical (unpaired) electrons. The summed E-state index contributed by atoms with van der Waals surface area (Å²) in [5.41, 5.74) is 1.69. The van der Waals surface area contributed by atoms with Gasteiger partial charge in [-0.25, -0.2) is 4.79 Å². The smallest absolute Gasteiger partial charge is 0.444 e. The van der Waals surface area contributed by atoms with Gasteiger partial charge in [-0.05, 0) is 64.4 Å². The Labute approximate surface area is 167 Å². The molecule has 1 aliphatic heterocycles. The summed E-state index contributed by atoms with van der Waals surface area (Å²) in [6, 6.07) is 7.48. The van der Waals surface area contributed by atoms with Crippen molar-refractivity contribution >= 4 is 6.09 Å². The molecule has 1 aromatic heterocycles. The van der Waals surface area contributed by atoms with E-state index >= 15 is 0 Å². The first kappa shape index (κ1) is 21.0. The van der Waals surface area contributed by atoms with Gasteiger partial charge in [0, 0.05) is 24.3 Å². The number of aromatic nitrogens is 2. The quantitative estimate of drug-likeness (QED) is 0.718. The lowest BCUT2D eigenvalue weighted by Gasteiger charge is -2.24. The Morgan fingerprint density at radius 1 is 1.17 bits per heavy atom. The van der Waals surface area contributed by atoms with E-state index in [2.05, 4.69) is 9.84 Å². The van der Waals surface area contributed by atoms with Crippen LogP contribution in [0.15, 0.2) is 30.3 Å². The van der Waals surface area contributed by atoms with Gasteiger partial charge in [0.05, 0.1) is 11.7 Å². The second-order valence-electron chi connectivity index (χ2n) is 8.06. The van der Waals surface area contributed by atoms with Gasteiger partial charge in [-0.1, -0.05) is 0 Å². The highest BCUT2D eigenvalue weighted by atomic mass is 19.4. The predicted octanol–water partition coefficient (Wildman–Crippen LogP) is 4.94. The number of amides is 1. The van der Waals surface area contributed by atoms with Gasteiger partial charge >= 0.3 is 12.5 Å². The number of halogens is 3. The molecular weight excluding hydrogens is 387 g/mol. The summed E-state index contributed by atoms with van der Waals surface area (Å²) in [6.45, 7) is 8.47. The molecule has 1 unspecified atom stereocenters. The number of rotatable bonds is 3. The molecular formula is C20H24F3N3O3. The Balaban J connectivity index is 1.70. The van der Waals surface area contributed by atoms with Crippen molar-refractivity contribution in [3.63, 3.8) is 0 Å². The molecule has 29 heavy (non-hydrogen) atoms. The van der Waals surface area contributed by atoms with Crippen molar-refractivity contribution < 1.29 is 27.4 Å². The fourth-order valence-electron chi connectivity index (χ4n) is 3.26. The van der Waals surface area contributed by atoms with Crippen molar-refractivity contribution in [3.8, 4) is 17.0 Å². The Morgan fingerprint density at radius 3 is 2.41 bits per heavy atom. The third kappa shape index (κ3) is 5.42. The molecule has 9 heteroatoms. The first-order chi connectivity index (χ1) is 13.4. The standard InChI is InChI=1S/C20H24F3N3O3/c1-13-11-17(14-5-7-16(8-6-14)28-20(21,22)23)24-26(13)15-9-10-25(12-15)18(27)29-19(2,3)4/h5-8,11,15H,9-10,12H2,1-4H3. The summed E-state index contributed by atoms with van der Waals surface area (Å²) in [4.78, 5) is 13.9. The summed E-state index contributed by atoms with van der Waals surface area (Å²) >= 11 is 0. The number of benzene rings is 1. The lowest BCUT2D eigenvalue weighted by molar-refractivity contribution is -0.274. The molecule has 1 aliphatic rings. The number of carbonyl (C=O) groups is 1. The summed E-state index contributed by atoms with van der Waals surface area (Å²) in [5, 5.41) is 4.61. The monoisotopic (exact) mass is 411 g/mol. The largest absolute Gasteiger partial charge is 0.573 e. The fraction of sp³-hybridized carbons (Fsp3) is 0.500. The Hall–Kier alpha value is -2.71. The normalized spacial score (nSPS) is 17.5. The molecule has 1 saturated heterocycles. The van der Waals surface area contributed by atoms with Crippen LogP contribution in [0.3, 0.4) is 0 Å². The van der Waals surface area contributed by atoms with E-state index in [4.69, 9.17) is 4.74 Å². The average molecular weight is 411 g/mol. The molecule has 1 fully saturated rings. The zero-order valence-corrected chi connectivity index (χ0v) is 16.8. The van der Waals surface area contributed by atoms with Crippen molar-refractivity contribution in [3.05, 3.63) is 36.0 Å². The first-order valence-electron chi connectivity index (χ1n) is 9.31.